The van der Waals surface area contributed by atoms with Crippen molar-refractivity contribution in [2.45, 2.75) is 6.42 Å². The molecule has 0 saturated heterocycles. The highest BCUT2D eigenvalue weighted by Gasteiger charge is 2.13. The Morgan fingerprint density at radius 1 is 1.13 bits per heavy atom. The molecule has 0 unspecified atom stereocenters. The number of amides is 1. The first-order valence-electron chi connectivity index (χ1n) is 6.38. The molecular formula is C15H12Cl2N2O4. The van der Waals surface area contributed by atoms with Crippen LogP contribution in [0.5, 0.6) is 17.2 Å². The Kier molecular flexibility index (Phi) is 5.31. The number of carbonyl (C=O) groups is 1. The van der Waals surface area contributed by atoms with Crippen molar-refractivity contribution in [3.63, 3.8) is 0 Å². The number of nitrogens with one attached hydrogen (secondary N) is 1. The number of benzene rings is 2. The Bertz CT molecular complexity index is 761. The molecule has 8 heteroatoms. The molecule has 0 aliphatic rings. The van der Waals surface area contributed by atoms with Crippen molar-refractivity contribution >= 4 is 35.3 Å². The minimum absolute atomic E-state index is 0.0512. The summed E-state index contributed by atoms with van der Waals surface area (Å²) in [7, 11) is 0. The van der Waals surface area contributed by atoms with Crippen molar-refractivity contribution in [2.75, 3.05) is 0 Å². The van der Waals surface area contributed by atoms with E-state index >= 15 is 0 Å². The van der Waals surface area contributed by atoms with Crippen molar-refractivity contribution < 1.29 is 20.1 Å². The maximum atomic E-state index is 11.7. The van der Waals surface area contributed by atoms with Crippen molar-refractivity contribution in [3.8, 4) is 17.2 Å². The predicted molar refractivity (Wildman–Crippen MR) is 87.3 cm³/mol. The van der Waals surface area contributed by atoms with Gasteiger partial charge in [0.1, 0.15) is 16.5 Å². The standard InChI is InChI=1S/C15H12Cl2N2O4/c16-11-6-9(14(22)13(17)15(11)23)7-18-19-12(21)5-8-1-3-10(20)4-2-8/h1-4,6-7,20,22-23H,5H2,(H,19,21)/b18-7-. The molecule has 0 atom stereocenters. The van der Waals surface area contributed by atoms with Gasteiger partial charge in [-0.05, 0) is 23.8 Å². The molecule has 2 aromatic rings. The van der Waals surface area contributed by atoms with Gasteiger partial charge in [-0.1, -0.05) is 35.3 Å². The van der Waals surface area contributed by atoms with Crippen LogP contribution in [0.25, 0.3) is 0 Å². The Hall–Kier alpha value is -2.44. The van der Waals surface area contributed by atoms with E-state index in [1.807, 2.05) is 0 Å². The van der Waals surface area contributed by atoms with Crippen LogP contribution < -0.4 is 5.43 Å². The van der Waals surface area contributed by atoms with E-state index in [4.69, 9.17) is 28.3 Å². The van der Waals surface area contributed by atoms with Crippen LogP contribution in [0.15, 0.2) is 35.4 Å². The SMILES string of the molecule is O=C(Cc1ccc(O)cc1)N/N=C\c1cc(Cl)c(O)c(Cl)c1O. The van der Waals surface area contributed by atoms with E-state index in [0.717, 1.165) is 6.21 Å². The van der Waals surface area contributed by atoms with Gasteiger partial charge in [0, 0.05) is 5.56 Å². The second-order valence-corrected chi connectivity index (χ2v) is 5.38. The summed E-state index contributed by atoms with van der Waals surface area (Å²) in [5.41, 5.74) is 3.13. The van der Waals surface area contributed by atoms with Gasteiger partial charge in [0.2, 0.25) is 5.91 Å². The van der Waals surface area contributed by atoms with Gasteiger partial charge in [-0.25, -0.2) is 5.43 Å². The zero-order valence-corrected chi connectivity index (χ0v) is 13.1. The van der Waals surface area contributed by atoms with Crippen LogP contribution in [0.4, 0.5) is 0 Å². The molecule has 0 spiro atoms. The maximum absolute atomic E-state index is 11.7. The minimum atomic E-state index is -0.431. The third-order valence-electron chi connectivity index (χ3n) is 2.89. The number of carbonyl (C=O) groups excluding carboxylic acids is 1. The number of hydrogen-bond acceptors (Lipinski definition) is 5. The third-order valence-corrected chi connectivity index (χ3v) is 3.54. The van der Waals surface area contributed by atoms with Crippen molar-refractivity contribution in [3.05, 3.63) is 51.5 Å². The lowest BCUT2D eigenvalue weighted by Crippen LogP contribution is -2.19. The molecular weight excluding hydrogens is 343 g/mol. The largest absolute Gasteiger partial charge is 0.508 e. The van der Waals surface area contributed by atoms with E-state index in [1.165, 1.54) is 18.2 Å². The fourth-order valence-corrected chi connectivity index (χ4v) is 2.20. The number of hydrazone groups is 1. The number of phenols is 3. The quantitative estimate of drug-likeness (QED) is 0.500. The van der Waals surface area contributed by atoms with E-state index < -0.39 is 11.5 Å². The van der Waals surface area contributed by atoms with E-state index in [9.17, 15) is 15.0 Å². The number of halogens is 2. The lowest BCUT2D eigenvalue weighted by molar-refractivity contribution is -0.120. The lowest BCUT2D eigenvalue weighted by atomic mass is 10.1. The number of rotatable bonds is 4. The molecule has 0 aromatic heterocycles. The van der Waals surface area contributed by atoms with Gasteiger partial charge in [-0.2, -0.15) is 5.10 Å². The minimum Gasteiger partial charge on any atom is -0.508 e. The number of phenolic OH excluding ortho intramolecular Hbond substituents is 3. The zero-order valence-electron chi connectivity index (χ0n) is 11.6. The second kappa shape index (κ2) is 7.21. The molecule has 0 fully saturated rings. The summed E-state index contributed by atoms with van der Waals surface area (Å²) in [5, 5.41) is 31.7. The van der Waals surface area contributed by atoms with Gasteiger partial charge in [0.25, 0.3) is 0 Å². The van der Waals surface area contributed by atoms with E-state index in [1.54, 1.807) is 12.1 Å². The number of hydrogen-bond donors (Lipinski definition) is 4. The molecule has 0 bridgehead atoms. The van der Waals surface area contributed by atoms with E-state index in [0.29, 0.717) is 5.56 Å². The highest BCUT2D eigenvalue weighted by Crippen LogP contribution is 2.40. The second-order valence-electron chi connectivity index (χ2n) is 4.60. The van der Waals surface area contributed by atoms with Crippen LogP contribution in [0.1, 0.15) is 11.1 Å². The summed E-state index contributed by atoms with van der Waals surface area (Å²) >= 11 is 11.4. The molecule has 1 amide bonds. The monoisotopic (exact) mass is 354 g/mol. The normalized spacial score (nSPS) is 10.9. The van der Waals surface area contributed by atoms with Crippen LogP contribution in [-0.2, 0) is 11.2 Å². The first kappa shape index (κ1) is 16.9. The molecule has 0 aliphatic heterocycles. The first-order chi connectivity index (χ1) is 10.9. The van der Waals surface area contributed by atoms with E-state index in [2.05, 4.69) is 10.5 Å². The van der Waals surface area contributed by atoms with Crippen LogP contribution >= 0.6 is 23.2 Å². The average Bonchev–Trinajstić information content (AvgIpc) is 2.52. The van der Waals surface area contributed by atoms with Crippen molar-refractivity contribution in [2.24, 2.45) is 5.10 Å². The molecule has 23 heavy (non-hydrogen) atoms. The smallest absolute Gasteiger partial charge is 0.244 e. The predicted octanol–water partition coefficient (Wildman–Crippen LogP) is 2.80. The third kappa shape index (κ3) is 4.28. The fraction of sp³-hybridized carbons (Fsp3) is 0.0667. The Morgan fingerprint density at radius 2 is 1.78 bits per heavy atom. The summed E-state index contributed by atoms with van der Waals surface area (Å²) in [6.07, 6.45) is 1.22. The van der Waals surface area contributed by atoms with Gasteiger partial charge < -0.3 is 15.3 Å². The van der Waals surface area contributed by atoms with Crippen molar-refractivity contribution in [1.82, 2.24) is 5.43 Å². The van der Waals surface area contributed by atoms with Crippen molar-refractivity contribution in [1.29, 1.82) is 0 Å². The van der Waals surface area contributed by atoms with Gasteiger partial charge in [-0.15, -0.1) is 0 Å². The molecule has 0 heterocycles. The molecule has 6 nitrogen and oxygen atoms in total. The maximum Gasteiger partial charge on any atom is 0.244 e. The molecule has 4 N–H and O–H groups in total. The highest BCUT2D eigenvalue weighted by molar-refractivity contribution is 6.38. The van der Waals surface area contributed by atoms with Crippen LogP contribution in [0.3, 0.4) is 0 Å². The van der Waals surface area contributed by atoms with Gasteiger partial charge in [-0.3, -0.25) is 4.79 Å². The number of aromatic hydroxyl groups is 3. The molecule has 0 saturated carbocycles. The van der Waals surface area contributed by atoms with Crippen LogP contribution in [-0.4, -0.2) is 27.4 Å². The fourth-order valence-electron chi connectivity index (χ4n) is 1.73. The molecule has 2 rings (SSSR count). The number of nitrogens with zero attached hydrogens (tertiary/aromatic N) is 1. The van der Waals surface area contributed by atoms with E-state index in [-0.39, 0.29) is 33.7 Å². The molecule has 2 aromatic carbocycles. The summed E-state index contributed by atoms with van der Waals surface area (Å²) < 4.78 is 0. The summed E-state index contributed by atoms with van der Waals surface area (Å²) in [6.45, 7) is 0. The summed E-state index contributed by atoms with van der Waals surface area (Å²) in [4.78, 5) is 11.7. The Morgan fingerprint density at radius 3 is 2.43 bits per heavy atom. The molecule has 0 radical (unpaired) electrons. The average molecular weight is 355 g/mol. The lowest BCUT2D eigenvalue weighted by Gasteiger charge is -2.05. The van der Waals surface area contributed by atoms with Gasteiger partial charge in [0.05, 0.1) is 17.7 Å². The molecule has 0 aliphatic carbocycles. The first-order valence-corrected chi connectivity index (χ1v) is 7.14. The van der Waals surface area contributed by atoms with Crippen LogP contribution in [0.2, 0.25) is 10.0 Å². The Labute approximate surface area is 141 Å². The van der Waals surface area contributed by atoms with Gasteiger partial charge >= 0.3 is 0 Å². The van der Waals surface area contributed by atoms with Gasteiger partial charge in [0.15, 0.2) is 5.75 Å². The zero-order chi connectivity index (χ0) is 17.0. The van der Waals surface area contributed by atoms with Crippen LogP contribution in [0, 0.1) is 0 Å². The summed E-state index contributed by atoms with van der Waals surface area (Å²) in [5.74, 6) is -1.10. The highest BCUT2D eigenvalue weighted by atomic mass is 35.5. The summed E-state index contributed by atoms with van der Waals surface area (Å²) in [6, 6.07) is 7.44. The molecule has 120 valence electrons. The topological polar surface area (TPSA) is 102 Å². The Balaban J connectivity index is 2.01.